The van der Waals surface area contributed by atoms with Crippen LogP contribution >= 0.6 is 0 Å². The number of H-pyrrole nitrogens is 1. The number of esters is 1. The van der Waals surface area contributed by atoms with E-state index in [9.17, 15) is 4.79 Å². The predicted octanol–water partition coefficient (Wildman–Crippen LogP) is 0.200. The molecule has 0 aliphatic rings. The molecule has 0 spiro atoms. The largest absolute Gasteiger partial charge is 0.448 e. The molecular weight excluding hydrogens is 144 g/mol. The number of hydrogen-bond acceptors (Lipinski definition) is 3. The highest BCUT2D eigenvalue weighted by atomic mass is 16.5. The Morgan fingerprint density at radius 1 is 1.91 bits per heavy atom. The van der Waals surface area contributed by atoms with Crippen LogP contribution in [0.5, 0.6) is 0 Å². The van der Waals surface area contributed by atoms with E-state index in [0.29, 0.717) is 5.69 Å². The molecular formula is C7H6N2O2. The van der Waals surface area contributed by atoms with Gasteiger partial charge in [-0.05, 0) is 6.07 Å². The number of rotatable bonds is 2. The van der Waals surface area contributed by atoms with Crippen LogP contribution < -0.4 is 0 Å². The minimum absolute atomic E-state index is 0.0160. The van der Waals surface area contributed by atoms with E-state index in [2.05, 4.69) is 20.9 Å². The van der Waals surface area contributed by atoms with E-state index < -0.39 is 5.97 Å². The molecule has 0 bridgehead atoms. The first-order valence-corrected chi connectivity index (χ1v) is 2.94. The zero-order valence-electron chi connectivity index (χ0n) is 5.70. The number of carbonyl (C=O) groups is 1. The lowest BCUT2D eigenvalue weighted by molar-refractivity contribution is 0.0550. The van der Waals surface area contributed by atoms with Crippen LogP contribution in [0.4, 0.5) is 0 Å². The molecule has 1 aromatic rings. The summed E-state index contributed by atoms with van der Waals surface area (Å²) in [6.45, 7) is -0.0160. The maximum absolute atomic E-state index is 10.9. The molecule has 0 unspecified atom stereocenters. The number of terminal acetylenes is 1. The SMILES string of the molecule is C#CCOC(=O)c1ccn[nH]1. The standard InChI is InChI=1S/C7H6N2O2/c1-2-5-11-7(10)6-3-4-8-9-6/h1,3-4H,5H2,(H,8,9). The molecule has 0 aliphatic heterocycles. The molecule has 0 fully saturated rings. The molecule has 0 aromatic carbocycles. The molecule has 1 rings (SSSR count). The first-order chi connectivity index (χ1) is 5.34. The van der Waals surface area contributed by atoms with E-state index in [-0.39, 0.29) is 6.61 Å². The highest BCUT2D eigenvalue weighted by Gasteiger charge is 2.05. The number of aromatic amines is 1. The van der Waals surface area contributed by atoms with E-state index in [1.165, 1.54) is 12.3 Å². The molecule has 11 heavy (non-hydrogen) atoms. The van der Waals surface area contributed by atoms with E-state index >= 15 is 0 Å². The summed E-state index contributed by atoms with van der Waals surface area (Å²) < 4.78 is 4.59. The minimum atomic E-state index is -0.486. The summed E-state index contributed by atoms with van der Waals surface area (Å²) in [5.41, 5.74) is 0.306. The van der Waals surface area contributed by atoms with Gasteiger partial charge < -0.3 is 4.74 Å². The number of aromatic nitrogens is 2. The molecule has 0 saturated carbocycles. The van der Waals surface area contributed by atoms with Gasteiger partial charge in [0.1, 0.15) is 5.69 Å². The molecule has 1 N–H and O–H groups in total. The summed E-state index contributed by atoms with van der Waals surface area (Å²) >= 11 is 0. The van der Waals surface area contributed by atoms with Gasteiger partial charge in [-0.2, -0.15) is 5.10 Å². The van der Waals surface area contributed by atoms with Crippen molar-refractivity contribution in [2.45, 2.75) is 0 Å². The third-order valence-corrected chi connectivity index (χ3v) is 1.01. The molecule has 1 aromatic heterocycles. The summed E-state index contributed by atoms with van der Waals surface area (Å²) in [4.78, 5) is 10.9. The van der Waals surface area contributed by atoms with E-state index in [1.807, 2.05) is 0 Å². The normalized spacial score (nSPS) is 8.64. The first-order valence-electron chi connectivity index (χ1n) is 2.94. The molecule has 1 heterocycles. The summed E-state index contributed by atoms with van der Waals surface area (Å²) in [5.74, 6) is 1.70. The number of nitrogens with one attached hydrogen (secondary N) is 1. The maximum Gasteiger partial charge on any atom is 0.357 e. The monoisotopic (exact) mass is 150 g/mol. The molecule has 0 aliphatic carbocycles. The number of nitrogens with zero attached hydrogens (tertiary/aromatic N) is 1. The highest BCUT2D eigenvalue weighted by Crippen LogP contribution is 1.93. The Morgan fingerprint density at radius 3 is 3.27 bits per heavy atom. The highest BCUT2D eigenvalue weighted by molar-refractivity contribution is 5.87. The van der Waals surface area contributed by atoms with Gasteiger partial charge in [-0.15, -0.1) is 6.42 Å². The van der Waals surface area contributed by atoms with Gasteiger partial charge in [0.05, 0.1) is 0 Å². The van der Waals surface area contributed by atoms with E-state index in [1.54, 1.807) is 0 Å². The Kier molecular flexibility index (Phi) is 2.28. The Balaban J connectivity index is 2.51. The fourth-order valence-electron chi connectivity index (χ4n) is 0.555. The molecule has 0 radical (unpaired) electrons. The van der Waals surface area contributed by atoms with Gasteiger partial charge in [0, 0.05) is 6.20 Å². The molecule has 0 atom stereocenters. The molecule has 0 saturated heterocycles. The number of carbonyl (C=O) groups excluding carboxylic acids is 1. The fraction of sp³-hybridized carbons (Fsp3) is 0.143. The van der Waals surface area contributed by atoms with Crippen LogP contribution in [0.2, 0.25) is 0 Å². The van der Waals surface area contributed by atoms with Crippen molar-refractivity contribution in [3.63, 3.8) is 0 Å². The lowest BCUT2D eigenvalue weighted by atomic mass is 10.4. The van der Waals surface area contributed by atoms with Crippen molar-refractivity contribution in [2.75, 3.05) is 6.61 Å². The van der Waals surface area contributed by atoms with Gasteiger partial charge in [0.25, 0.3) is 0 Å². The summed E-state index contributed by atoms with van der Waals surface area (Å²) in [7, 11) is 0. The second-order valence-corrected chi connectivity index (χ2v) is 1.75. The van der Waals surface area contributed by atoms with Crippen molar-refractivity contribution < 1.29 is 9.53 Å². The summed E-state index contributed by atoms with van der Waals surface area (Å²) in [6.07, 6.45) is 6.34. The minimum Gasteiger partial charge on any atom is -0.448 e. The van der Waals surface area contributed by atoms with Crippen molar-refractivity contribution in [1.29, 1.82) is 0 Å². The van der Waals surface area contributed by atoms with Crippen LogP contribution in [0, 0.1) is 12.3 Å². The summed E-state index contributed by atoms with van der Waals surface area (Å²) in [6, 6.07) is 1.51. The predicted molar refractivity (Wildman–Crippen MR) is 37.7 cm³/mol. The van der Waals surface area contributed by atoms with Crippen molar-refractivity contribution in [3.8, 4) is 12.3 Å². The zero-order valence-corrected chi connectivity index (χ0v) is 5.70. The van der Waals surface area contributed by atoms with Gasteiger partial charge in [0.2, 0.25) is 0 Å². The number of hydrogen-bond donors (Lipinski definition) is 1. The molecule has 4 nitrogen and oxygen atoms in total. The van der Waals surface area contributed by atoms with Crippen molar-refractivity contribution >= 4 is 5.97 Å². The summed E-state index contributed by atoms with van der Waals surface area (Å²) in [5, 5.41) is 6.03. The van der Waals surface area contributed by atoms with Gasteiger partial charge >= 0.3 is 5.97 Å². The van der Waals surface area contributed by atoms with Crippen LogP contribution in [-0.2, 0) is 4.74 Å². The second kappa shape index (κ2) is 3.42. The van der Waals surface area contributed by atoms with Crippen molar-refractivity contribution in [3.05, 3.63) is 18.0 Å². The van der Waals surface area contributed by atoms with Gasteiger partial charge in [-0.25, -0.2) is 4.79 Å². The lowest BCUT2D eigenvalue weighted by Gasteiger charge is -1.95. The average molecular weight is 150 g/mol. The lowest BCUT2D eigenvalue weighted by Crippen LogP contribution is -2.05. The Hall–Kier alpha value is -1.76. The Morgan fingerprint density at radius 2 is 2.73 bits per heavy atom. The first kappa shape index (κ1) is 7.35. The molecule has 0 amide bonds. The smallest absolute Gasteiger partial charge is 0.357 e. The maximum atomic E-state index is 10.9. The van der Waals surface area contributed by atoms with Crippen LogP contribution in [0.15, 0.2) is 12.3 Å². The van der Waals surface area contributed by atoms with Crippen LogP contribution in [-0.4, -0.2) is 22.8 Å². The average Bonchev–Trinajstić information content (AvgIpc) is 2.52. The topological polar surface area (TPSA) is 55.0 Å². The Labute approximate surface area is 63.6 Å². The van der Waals surface area contributed by atoms with E-state index in [4.69, 9.17) is 6.42 Å². The van der Waals surface area contributed by atoms with E-state index in [0.717, 1.165) is 0 Å². The zero-order chi connectivity index (χ0) is 8.10. The fourth-order valence-corrected chi connectivity index (χ4v) is 0.555. The van der Waals surface area contributed by atoms with Crippen LogP contribution in [0.3, 0.4) is 0 Å². The van der Waals surface area contributed by atoms with Gasteiger partial charge in [-0.1, -0.05) is 5.92 Å². The van der Waals surface area contributed by atoms with Crippen LogP contribution in [0.1, 0.15) is 10.5 Å². The van der Waals surface area contributed by atoms with Crippen molar-refractivity contribution in [1.82, 2.24) is 10.2 Å². The quantitative estimate of drug-likeness (QED) is 0.484. The number of ether oxygens (including phenoxy) is 1. The van der Waals surface area contributed by atoms with Crippen molar-refractivity contribution in [2.24, 2.45) is 0 Å². The molecule has 4 heteroatoms. The van der Waals surface area contributed by atoms with Gasteiger partial charge in [0.15, 0.2) is 6.61 Å². The third-order valence-electron chi connectivity index (χ3n) is 1.01. The second-order valence-electron chi connectivity index (χ2n) is 1.75. The Bertz CT molecular complexity index is 271. The molecule has 56 valence electrons. The van der Waals surface area contributed by atoms with Crippen LogP contribution in [0.25, 0.3) is 0 Å². The van der Waals surface area contributed by atoms with Gasteiger partial charge in [-0.3, -0.25) is 5.10 Å². The third kappa shape index (κ3) is 1.83.